The van der Waals surface area contributed by atoms with Crippen molar-refractivity contribution in [1.29, 1.82) is 0 Å². The number of anilines is 2. The molecular weight excluding hydrogens is 342 g/mol. The maximum absolute atomic E-state index is 12.6. The summed E-state index contributed by atoms with van der Waals surface area (Å²) in [5.74, 6) is 0.258. The molecule has 6 heteroatoms. The number of methoxy groups -OCH3 is 1. The third-order valence-corrected chi connectivity index (χ3v) is 5.04. The van der Waals surface area contributed by atoms with Gasteiger partial charge in [-0.3, -0.25) is 9.59 Å². The van der Waals surface area contributed by atoms with Crippen molar-refractivity contribution in [3.8, 4) is 0 Å². The molecule has 0 aromatic heterocycles. The average molecular weight is 376 g/mol. The number of carbonyl (C=O) groups excluding carboxylic acids is 2. The van der Waals surface area contributed by atoms with E-state index in [1.807, 2.05) is 55.9 Å². The second kappa shape index (κ2) is 9.74. The Bertz CT molecular complexity index is 654. The molecule has 2 rings (SSSR count). The van der Waals surface area contributed by atoms with Gasteiger partial charge in [-0.2, -0.15) is 0 Å². The van der Waals surface area contributed by atoms with Crippen LogP contribution in [-0.2, 0) is 20.9 Å². The maximum Gasteiger partial charge on any atom is 0.227 e. The van der Waals surface area contributed by atoms with Crippen LogP contribution in [0.1, 0.15) is 38.7 Å². The van der Waals surface area contributed by atoms with Crippen LogP contribution in [0.4, 0.5) is 11.4 Å². The minimum atomic E-state index is -0.0776. The molecule has 0 spiro atoms. The smallest absolute Gasteiger partial charge is 0.227 e. The summed E-state index contributed by atoms with van der Waals surface area (Å²) >= 11 is 0. The predicted octanol–water partition coefficient (Wildman–Crippen LogP) is 3.12. The Labute approximate surface area is 162 Å². The number of nitrogens with one attached hydrogen (secondary N) is 1. The zero-order chi connectivity index (χ0) is 20.0. The summed E-state index contributed by atoms with van der Waals surface area (Å²) in [6.07, 6.45) is 3.08. The Morgan fingerprint density at radius 1 is 1.26 bits per heavy atom. The number of benzene rings is 1. The van der Waals surface area contributed by atoms with Crippen LogP contribution in [0.15, 0.2) is 18.2 Å². The van der Waals surface area contributed by atoms with Crippen molar-refractivity contribution >= 4 is 23.2 Å². The summed E-state index contributed by atoms with van der Waals surface area (Å²) < 4.78 is 5.18. The third kappa shape index (κ3) is 5.70. The molecule has 0 saturated heterocycles. The van der Waals surface area contributed by atoms with E-state index in [-0.39, 0.29) is 23.7 Å². The van der Waals surface area contributed by atoms with Crippen molar-refractivity contribution in [2.45, 2.75) is 39.7 Å². The first kappa shape index (κ1) is 21.2. The zero-order valence-corrected chi connectivity index (χ0v) is 17.2. The summed E-state index contributed by atoms with van der Waals surface area (Å²) in [4.78, 5) is 28.8. The lowest BCUT2D eigenvalue weighted by Gasteiger charge is -2.28. The Kier molecular flexibility index (Phi) is 7.66. The lowest BCUT2D eigenvalue weighted by Crippen LogP contribution is -2.36. The molecule has 1 aliphatic rings. The maximum atomic E-state index is 12.6. The van der Waals surface area contributed by atoms with Gasteiger partial charge in [-0.05, 0) is 36.6 Å². The quantitative estimate of drug-likeness (QED) is 0.720. The van der Waals surface area contributed by atoms with Gasteiger partial charge in [0.25, 0.3) is 0 Å². The minimum absolute atomic E-state index is 0.0776. The van der Waals surface area contributed by atoms with Crippen LogP contribution < -0.4 is 10.2 Å². The number of nitrogens with zero attached hydrogens (tertiary/aromatic N) is 2. The normalized spacial score (nSPS) is 14.0. The number of carbonyl (C=O) groups is 2. The molecule has 1 aromatic carbocycles. The molecule has 0 heterocycles. The van der Waals surface area contributed by atoms with Gasteiger partial charge in [-0.15, -0.1) is 0 Å². The highest BCUT2D eigenvalue weighted by molar-refractivity contribution is 5.93. The first-order valence-corrected chi connectivity index (χ1v) is 9.72. The molecule has 27 heavy (non-hydrogen) atoms. The lowest BCUT2D eigenvalue weighted by atomic mass is 9.85. The van der Waals surface area contributed by atoms with E-state index in [1.54, 1.807) is 7.11 Å². The SMILES string of the molecule is COCCN(Cc1cc(NC(=O)C2CCC2)ccc1N(C)C)C(=O)C(C)C. The Hall–Kier alpha value is -2.08. The Morgan fingerprint density at radius 3 is 2.48 bits per heavy atom. The number of hydrogen-bond donors (Lipinski definition) is 1. The van der Waals surface area contributed by atoms with E-state index >= 15 is 0 Å². The van der Waals surface area contributed by atoms with E-state index in [9.17, 15) is 9.59 Å². The van der Waals surface area contributed by atoms with Crippen LogP contribution in [0.5, 0.6) is 0 Å². The van der Waals surface area contributed by atoms with Crippen molar-refractivity contribution in [1.82, 2.24) is 4.90 Å². The van der Waals surface area contributed by atoms with Gasteiger partial charge in [-0.25, -0.2) is 0 Å². The molecule has 1 aromatic rings. The molecule has 1 saturated carbocycles. The second-order valence-corrected chi connectivity index (χ2v) is 7.76. The van der Waals surface area contributed by atoms with E-state index in [4.69, 9.17) is 4.74 Å². The second-order valence-electron chi connectivity index (χ2n) is 7.76. The van der Waals surface area contributed by atoms with Crippen LogP contribution in [0.3, 0.4) is 0 Å². The van der Waals surface area contributed by atoms with Crippen LogP contribution >= 0.6 is 0 Å². The first-order chi connectivity index (χ1) is 12.8. The van der Waals surface area contributed by atoms with Crippen LogP contribution in [0.25, 0.3) is 0 Å². The Morgan fingerprint density at radius 2 is 1.96 bits per heavy atom. The molecule has 6 nitrogen and oxygen atoms in total. The van der Waals surface area contributed by atoms with E-state index in [2.05, 4.69) is 5.32 Å². The third-order valence-electron chi connectivity index (χ3n) is 5.04. The molecule has 0 aliphatic heterocycles. The molecule has 2 amide bonds. The van der Waals surface area contributed by atoms with E-state index in [1.165, 1.54) is 0 Å². The average Bonchev–Trinajstić information content (AvgIpc) is 2.56. The molecule has 0 unspecified atom stereocenters. The van der Waals surface area contributed by atoms with Gasteiger partial charge in [0.2, 0.25) is 11.8 Å². The fourth-order valence-corrected chi connectivity index (χ4v) is 3.18. The van der Waals surface area contributed by atoms with E-state index in [0.29, 0.717) is 19.7 Å². The highest BCUT2D eigenvalue weighted by Gasteiger charge is 2.25. The van der Waals surface area contributed by atoms with E-state index < -0.39 is 0 Å². The molecule has 1 fully saturated rings. The van der Waals surface area contributed by atoms with Gasteiger partial charge in [0.1, 0.15) is 0 Å². The summed E-state index contributed by atoms with van der Waals surface area (Å²) in [7, 11) is 5.60. The monoisotopic (exact) mass is 375 g/mol. The fourth-order valence-electron chi connectivity index (χ4n) is 3.18. The predicted molar refractivity (Wildman–Crippen MR) is 109 cm³/mol. The van der Waals surface area contributed by atoms with Gasteiger partial charge in [-0.1, -0.05) is 20.3 Å². The summed E-state index contributed by atoms with van der Waals surface area (Å²) in [5, 5.41) is 3.03. The van der Waals surface area contributed by atoms with Crippen LogP contribution in [0, 0.1) is 11.8 Å². The standard InChI is InChI=1S/C21H33N3O3/c1-15(2)21(26)24(11-12-27-5)14-17-13-18(9-10-19(17)23(3)4)22-20(25)16-7-6-8-16/h9-10,13,15-16H,6-8,11-12,14H2,1-5H3,(H,22,25). The van der Waals surface area contributed by atoms with Gasteiger partial charge in [0.05, 0.1) is 6.61 Å². The molecule has 0 bridgehead atoms. The first-order valence-electron chi connectivity index (χ1n) is 9.72. The largest absolute Gasteiger partial charge is 0.383 e. The number of hydrogen-bond acceptors (Lipinski definition) is 4. The van der Waals surface area contributed by atoms with Crippen LogP contribution in [-0.4, -0.2) is 51.1 Å². The van der Waals surface area contributed by atoms with Gasteiger partial charge >= 0.3 is 0 Å². The molecule has 1 aliphatic carbocycles. The van der Waals surface area contributed by atoms with Crippen LogP contribution in [0.2, 0.25) is 0 Å². The van der Waals surface area contributed by atoms with Gasteiger partial charge < -0.3 is 19.9 Å². The van der Waals surface area contributed by atoms with Crippen molar-refractivity contribution < 1.29 is 14.3 Å². The van der Waals surface area contributed by atoms with Crippen molar-refractivity contribution in [2.24, 2.45) is 11.8 Å². The lowest BCUT2D eigenvalue weighted by molar-refractivity contribution is -0.135. The number of amides is 2. The number of rotatable bonds is 9. The highest BCUT2D eigenvalue weighted by Crippen LogP contribution is 2.29. The fraction of sp³-hybridized carbons (Fsp3) is 0.619. The highest BCUT2D eigenvalue weighted by atomic mass is 16.5. The van der Waals surface area contributed by atoms with Gasteiger partial charge in [0, 0.05) is 57.5 Å². The summed E-state index contributed by atoms with van der Waals surface area (Å²) in [5.41, 5.74) is 2.84. The minimum Gasteiger partial charge on any atom is -0.383 e. The van der Waals surface area contributed by atoms with E-state index in [0.717, 1.165) is 36.2 Å². The topological polar surface area (TPSA) is 61.9 Å². The molecule has 1 N–H and O–H groups in total. The molecule has 0 atom stereocenters. The van der Waals surface area contributed by atoms with Crippen molar-refractivity contribution in [3.63, 3.8) is 0 Å². The molecular formula is C21H33N3O3. The molecule has 0 radical (unpaired) electrons. The molecule has 150 valence electrons. The van der Waals surface area contributed by atoms with Crippen molar-refractivity contribution in [3.05, 3.63) is 23.8 Å². The summed E-state index contributed by atoms with van der Waals surface area (Å²) in [6.45, 7) is 5.34. The van der Waals surface area contributed by atoms with Gasteiger partial charge in [0.15, 0.2) is 0 Å². The summed E-state index contributed by atoms with van der Waals surface area (Å²) in [6, 6.07) is 5.92. The Balaban J connectivity index is 2.22. The number of ether oxygens (including phenoxy) is 1. The van der Waals surface area contributed by atoms with Crippen molar-refractivity contribution in [2.75, 3.05) is 44.6 Å². The zero-order valence-electron chi connectivity index (χ0n) is 17.2.